The first kappa shape index (κ1) is 13.5. The zero-order valence-corrected chi connectivity index (χ0v) is 10.3. The number of carbonyl (C=O) groups is 1. The Bertz CT molecular complexity index is 380. The van der Waals surface area contributed by atoms with Crippen molar-refractivity contribution in [1.82, 2.24) is 5.32 Å². The lowest BCUT2D eigenvalue weighted by Gasteiger charge is -2.08. The largest absolute Gasteiger partial charge is 0.338 e. The van der Waals surface area contributed by atoms with Crippen LogP contribution in [0.25, 0.3) is 0 Å². The first-order valence-electron chi connectivity index (χ1n) is 5.94. The molecule has 0 saturated carbocycles. The molecule has 2 N–H and O–H groups in total. The monoisotopic (exact) mass is 238 g/mol. The summed E-state index contributed by atoms with van der Waals surface area (Å²) in [7, 11) is 0. The predicted octanol–water partition coefficient (Wildman–Crippen LogP) is 3.45. The molecule has 0 bridgehead atoms. The summed E-state index contributed by atoms with van der Waals surface area (Å²) in [6.45, 7) is 4.45. The molecule has 0 heterocycles. The van der Waals surface area contributed by atoms with Gasteiger partial charge in [0.25, 0.3) is 0 Å². The summed E-state index contributed by atoms with van der Waals surface area (Å²) in [4.78, 5) is 11.5. The smallest absolute Gasteiger partial charge is 0.319 e. The van der Waals surface area contributed by atoms with Gasteiger partial charge in [0.2, 0.25) is 0 Å². The van der Waals surface area contributed by atoms with Crippen LogP contribution < -0.4 is 10.6 Å². The number of hydrogen-bond acceptors (Lipinski definition) is 1. The van der Waals surface area contributed by atoms with Crippen molar-refractivity contribution in [3.05, 3.63) is 29.6 Å². The van der Waals surface area contributed by atoms with E-state index in [0.29, 0.717) is 17.8 Å². The maximum absolute atomic E-state index is 13.0. The minimum absolute atomic E-state index is 0.243. The summed E-state index contributed by atoms with van der Waals surface area (Å²) >= 11 is 0. The molecular formula is C13H19FN2O. The van der Waals surface area contributed by atoms with E-state index in [9.17, 15) is 9.18 Å². The van der Waals surface area contributed by atoms with Crippen LogP contribution >= 0.6 is 0 Å². The van der Waals surface area contributed by atoms with Crippen molar-refractivity contribution >= 4 is 11.7 Å². The van der Waals surface area contributed by atoms with E-state index in [1.54, 1.807) is 19.1 Å². The van der Waals surface area contributed by atoms with Crippen molar-refractivity contribution in [3.63, 3.8) is 0 Å². The molecule has 17 heavy (non-hydrogen) atoms. The minimum Gasteiger partial charge on any atom is -0.338 e. The molecule has 0 fully saturated rings. The van der Waals surface area contributed by atoms with Gasteiger partial charge in [0, 0.05) is 12.2 Å². The molecule has 0 aliphatic carbocycles. The predicted molar refractivity (Wildman–Crippen MR) is 67.7 cm³/mol. The molecule has 1 rings (SSSR count). The lowest BCUT2D eigenvalue weighted by atomic mass is 10.2. The Labute approximate surface area is 101 Å². The van der Waals surface area contributed by atoms with E-state index >= 15 is 0 Å². The quantitative estimate of drug-likeness (QED) is 0.758. The standard InChI is InChI=1S/C13H19FN2O/c1-3-4-5-8-15-13(17)16-11-6-7-12(14)10(2)9-11/h6-7,9H,3-5,8H2,1-2H3,(H2,15,16,17). The van der Waals surface area contributed by atoms with Gasteiger partial charge in [0.05, 0.1) is 0 Å². The van der Waals surface area contributed by atoms with Crippen LogP contribution in [-0.4, -0.2) is 12.6 Å². The van der Waals surface area contributed by atoms with Crippen LogP contribution in [-0.2, 0) is 0 Å². The molecule has 0 aromatic heterocycles. The van der Waals surface area contributed by atoms with Gasteiger partial charge in [-0.3, -0.25) is 0 Å². The number of aryl methyl sites for hydroxylation is 1. The van der Waals surface area contributed by atoms with E-state index in [1.165, 1.54) is 6.07 Å². The van der Waals surface area contributed by atoms with Crippen molar-refractivity contribution in [2.24, 2.45) is 0 Å². The van der Waals surface area contributed by atoms with Gasteiger partial charge >= 0.3 is 6.03 Å². The molecule has 0 saturated heterocycles. The van der Waals surface area contributed by atoms with Crippen molar-refractivity contribution in [1.29, 1.82) is 0 Å². The summed E-state index contributed by atoms with van der Waals surface area (Å²) in [5.41, 5.74) is 1.13. The molecule has 0 spiro atoms. The van der Waals surface area contributed by atoms with Crippen LogP contribution in [0.5, 0.6) is 0 Å². The molecule has 1 aromatic carbocycles. The molecule has 0 atom stereocenters. The van der Waals surface area contributed by atoms with Crippen LogP contribution in [0.4, 0.5) is 14.9 Å². The van der Waals surface area contributed by atoms with Crippen molar-refractivity contribution in [2.45, 2.75) is 33.1 Å². The Balaban J connectivity index is 2.37. The lowest BCUT2D eigenvalue weighted by molar-refractivity contribution is 0.252. The van der Waals surface area contributed by atoms with Crippen LogP contribution in [0.15, 0.2) is 18.2 Å². The van der Waals surface area contributed by atoms with Gasteiger partial charge in [-0.2, -0.15) is 0 Å². The number of nitrogens with one attached hydrogen (secondary N) is 2. The molecular weight excluding hydrogens is 219 g/mol. The lowest BCUT2D eigenvalue weighted by Crippen LogP contribution is -2.29. The minimum atomic E-state index is -0.265. The highest BCUT2D eigenvalue weighted by molar-refractivity contribution is 5.89. The summed E-state index contributed by atoms with van der Waals surface area (Å²) in [5, 5.41) is 5.43. The summed E-state index contributed by atoms with van der Waals surface area (Å²) in [5.74, 6) is -0.265. The molecule has 0 radical (unpaired) electrons. The fraction of sp³-hybridized carbons (Fsp3) is 0.462. The molecule has 4 heteroatoms. The number of rotatable bonds is 5. The number of urea groups is 1. The van der Waals surface area contributed by atoms with Crippen molar-refractivity contribution < 1.29 is 9.18 Å². The van der Waals surface area contributed by atoms with E-state index in [0.717, 1.165) is 19.3 Å². The third-order valence-electron chi connectivity index (χ3n) is 2.48. The summed E-state index contributed by atoms with van der Waals surface area (Å²) in [6, 6.07) is 4.27. The number of benzene rings is 1. The van der Waals surface area contributed by atoms with Gasteiger partial charge < -0.3 is 10.6 Å². The van der Waals surface area contributed by atoms with Crippen LogP contribution in [0.1, 0.15) is 31.7 Å². The molecule has 3 nitrogen and oxygen atoms in total. The Hall–Kier alpha value is -1.58. The average molecular weight is 238 g/mol. The topological polar surface area (TPSA) is 41.1 Å². The number of amides is 2. The molecule has 2 amide bonds. The number of hydrogen-bond donors (Lipinski definition) is 2. The first-order chi connectivity index (χ1) is 8.13. The van der Waals surface area contributed by atoms with Crippen LogP contribution in [0.2, 0.25) is 0 Å². The van der Waals surface area contributed by atoms with E-state index in [1.807, 2.05) is 0 Å². The molecule has 94 valence electrons. The highest BCUT2D eigenvalue weighted by atomic mass is 19.1. The number of unbranched alkanes of at least 4 members (excludes halogenated alkanes) is 2. The number of carbonyl (C=O) groups excluding carboxylic acids is 1. The zero-order valence-electron chi connectivity index (χ0n) is 10.3. The third-order valence-corrected chi connectivity index (χ3v) is 2.48. The van der Waals surface area contributed by atoms with E-state index in [4.69, 9.17) is 0 Å². The Morgan fingerprint density at radius 1 is 1.35 bits per heavy atom. The second kappa shape index (κ2) is 6.89. The molecule has 1 aromatic rings. The van der Waals surface area contributed by atoms with Crippen LogP contribution in [0.3, 0.4) is 0 Å². The zero-order chi connectivity index (χ0) is 12.7. The van der Waals surface area contributed by atoms with Gasteiger partial charge in [0.1, 0.15) is 5.82 Å². The van der Waals surface area contributed by atoms with Gasteiger partial charge in [-0.15, -0.1) is 0 Å². The SMILES string of the molecule is CCCCCNC(=O)Nc1ccc(F)c(C)c1. The Morgan fingerprint density at radius 3 is 2.76 bits per heavy atom. The fourth-order valence-electron chi connectivity index (χ4n) is 1.47. The Kier molecular flexibility index (Phi) is 5.46. The molecule has 0 aliphatic rings. The number of halogens is 1. The Morgan fingerprint density at radius 2 is 2.12 bits per heavy atom. The number of anilines is 1. The summed E-state index contributed by atoms with van der Waals surface area (Å²) in [6.07, 6.45) is 3.21. The normalized spacial score (nSPS) is 10.1. The highest BCUT2D eigenvalue weighted by Crippen LogP contribution is 2.13. The fourth-order valence-corrected chi connectivity index (χ4v) is 1.47. The van der Waals surface area contributed by atoms with E-state index < -0.39 is 0 Å². The maximum Gasteiger partial charge on any atom is 0.319 e. The van der Waals surface area contributed by atoms with E-state index in [-0.39, 0.29) is 11.8 Å². The second-order valence-corrected chi connectivity index (χ2v) is 4.05. The first-order valence-corrected chi connectivity index (χ1v) is 5.94. The molecule has 0 unspecified atom stereocenters. The highest BCUT2D eigenvalue weighted by Gasteiger charge is 2.02. The van der Waals surface area contributed by atoms with E-state index in [2.05, 4.69) is 17.6 Å². The van der Waals surface area contributed by atoms with Crippen LogP contribution in [0, 0.1) is 12.7 Å². The van der Waals surface area contributed by atoms with Gasteiger partial charge in [-0.05, 0) is 37.1 Å². The van der Waals surface area contributed by atoms with Crippen molar-refractivity contribution in [2.75, 3.05) is 11.9 Å². The van der Waals surface area contributed by atoms with Gasteiger partial charge in [-0.25, -0.2) is 9.18 Å². The second-order valence-electron chi connectivity index (χ2n) is 4.05. The maximum atomic E-state index is 13.0. The van der Waals surface area contributed by atoms with Crippen molar-refractivity contribution in [3.8, 4) is 0 Å². The average Bonchev–Trinajstić information content (AvgIpc) is 2.30. The third kappa shape index (κ3) is 4.85. The molecule has 0 aliphatic heterocycles. The van der Waals surface area contributed by atoms with Gasteiger partial charge in [-0.1, -0.05) is 19.8 Å². The summed E-state index contributed by atoms with van der Waals surface area (Å²) < 4.78 is 13.0. The van der Waals surface area contributed by atoms with Gasteiger partial charge in [0.15, 0.2) is 0 Å².